The van der Waals surface area contributed by atoms with E-state index in [1.807, 2.05) is 19.1 Å². The largest absolute Gasteiger partial charge is 0.0991 e. The molecule has 0 nitrogen and oxygen atoms in total. The van der Waals surface area contributed by atoms with Gasteiger partial charge in [0.1, 0.15) is 0 Å². The van der Waals surface area contributed by atoms with Crippen molar-refractivity contribution < 1.29 is 0 Å². The van der Waals surface area contributed by atoms with Gasteiger partial charge in [-0.05, 0) is 108 Å². The molecule has 0 saturated carbocycles. The third-order valence-corrected chi connectivity index (χ3v) is 8.67. The first-order valence-electron chi connectivity index (χ1n) is 16.2. The second-order valence-electron chi connectivity index (χ2n) is 11.9. The maximum atomic E-state index is 3.60. The van der Waals surface area contributed by atoms with E-state index >= 15 is 0 Å². The molecule has 1 atom stereocenters. The van der Waals surface area contributed by atoms with Crippen molar-refractivity contribution in [1.29, 1.82) is 0 Å². The normalized spacial score (nSPS) is 18.2. The molecule has 0 N–H and O–H groups in total. The van der Waals surface area contributed by atoms with Crippen molar-refractivity contribution in [1.82, 2.24) is 0 Å². The summed E-state index contributed by atoms with van der Waals surface area (Å²) in [6.45, 7) is 12.2. The molecule has 228 valence electrons. The van der Waals surface area contributed by atoms with E-state index < -0.39 is 0 Å². The molecule has 0 saturated heterocycles. The predicted octanol–water partition coefficient (Wildman–Crippen LogP) is 12.9. The minimum absolute atomic E-state index is 0.207. The third kappa shape index (κ3) is 7.19. The van der Waals surface area contributed by atoms with Gasteiger partial charge in [-0.15, -0.1) is 0 Å². The van der Waals surface area contributed by atoms with E-state index in [0.29, 0.717) is 0 Å². The predicted molar refractivity (Wildman–Crippen MR) is 204 cm³/mol. The van der Waals surface area contributed by atoms with Crippen molar-refractivity contribution in [2.45, 2.75) is 39.5 Å². The van der Waals surface area contributed by atoms with Crippen LogP contribution in [0.25, 0.3) is 34.1 Å². The molecule has 0 heteroatoms. The zero-order valence-electron chi connectivity index (χ0n) is 27.6. The monoisotopic (exact) mass is 596 g/mol. The highest BCUT2D eigenvalue weighted by Gasteiger charge is 2.41. The van der Waals surface area contributed by atoms with Crippen molar-refractivity contribution in [2.24, 2.45) is 0 Å². The summed E-state index contributed by atoms with van der Waals surface area (Å²) in [6, 6.07) is 29.5. The quantitative estimate of drug-likeness (QED) is 0.186. The number of allylic oxidation sites excluding steroid dienone is 15. The number of hydrogen-bond acceptors (Lipinski definition) is 0. The molecule has 2 aliphatic carbocycles. The molecule has 4 aromatic carbocycles. The van der Waals surface area contributed by atoms with Gasteiger partial charge in [0.05, 0.1) is 0 Å². The Morgan fingerprint density at radius 2 is 1.48 bits per heavy atom. The molecule has 0 fully saturated rings. The molecule has 1 unspecified atom stereocenters. The highest BCUT2D eigenvalue weighted by molar-refractivity contribution is 5.95. The molecule has 0 spiro atoms. The van der Waals surface area contributed by atoms with E-state index in [1.165, 1.54) is 60.9 Å². The Kier molecular flexibility index (Phi) is 10.6. The lowest BCUT2D eigenvalue weighted by molar-refractivity contribution is 0.714. The molecule has 0 heterocycles. The third-order valence-electron chi connectivity index (χ3n) is 8.67. The Labute approximate surface area is 276 Å². The summed E-state index contributed by atoms with van der Waals surface area (Å²) in [7, 11) is 0. The van der Waals surface area contributed by atoms with Crippen molar-refractivity contribution in [3.63, 3.8) is 0 Å². The Bertz CT molecular complexity index is 1940. The van der Waals surface area contributed by atoms with E-state index in [0.717, 1.165) is 6.42 Å². The SMILES string of the molecule is C/C=C\C=C/c1ccc2c(c1)-c1cc3ccccc3cc1C2(C)c1ccc(/C=C(C)\C=C/C)cc1.C=C/C=C\C=C1\C=CC=CC1. The average Bonchev–Trinajstić information content (AvgIpc) is 3.32. The smallest absolute Gasteiger partial charge is 0.0435 e. The fourth-order valence-corrected chi connectivity index (χ4v) is 6.33. The number of hydrogen-bond donors (Lipinski definition) is 0. The van der Waals surface area contributed by atoms with Crippen molar-refractivity contribution in [3.05, 3.63) is 203 Å². The standard InChI is InChI=1S/C35H32.C11H12/c1-5-7-8-12-26-17-20-33-31(22-26)32-23-28-13-9-10-14-29(28)24-34(32)35(33,4)30-18-15-27(16-19-30)21-25(3)11-6-2;1-2-3-5-8-11-9-6-4-7-10-11/h5-24H,1-4H3;2-9H,1,10H2/b7-5-,11-6-,12-8-,25-21-;5-3-,11-8-. The summed E-state index contributed by atoms with van der Waals surface area (Å²) in [6.07, 6.45) is 32.1. The summed E-state index contributed by atoms with van der Waals surface area (Å²) in [5.74, 6) is 0. The Balaban J connectivity index is 0.000000322. The van der Waals surface area contributed by atoms with E-state index in [9.17, 15) is 0 Å². The number of rotatable bonds is 7. The van der Waals surface area contributed by atoms with Crippen LogP contribution >= 0.6 is 0 Å². The van der Waals surface area contributed by atoms with Crippen LogP contribution in [-0.4, -0.2) is 0 Å². The Morgan fingerprint density at radius 1 is 0.739 bits per heavy atom. The second-order valence-corrected chi connectivity index (χ2v) is 11.9. The first kappa shape index (κ1) is 32.2. The van der Waals surface area contributed by atoms with Crippen LogP contribution in [0.1, 0.15) is 61.9 Å². The van der Waals surface area contributed by atoms with Crippen LogP contribution in [-0.2, 0) is 5.41 Å². The minimum Gasteiger partial charge on any atom is -0.0991 e. The molecule has 0 radical (unpaired) electrons. The highest BCUT2D eigenvalue weighted by atomic mass is 14.4. The molecule has 2 aliphatic rings. The van der Waals surface area contributed by atoms with Gasteiger partial charge in [0.25, 0.3) is 0 Å². The van der Waals surface area contributed by atoms with Crippen LogP contribution in [0.4, 0.5) is 0 Å². The molecular weight excluding hydrogens is 553 g/mol. The maximum absolute atomic E-state index is 3.60. The second kappa shape index (κ2) is 15.2. The Morgan fingerprint density at radius 3 is 2.17 bits per heavy atom. The first-order chi connectivity index (χ1) is 22.5. The molecule has 0 aromatic heterocycles. The van der Waals surface area contributed by atoms with Gasteiger partial charge in [0.15, 0.2) is 0 Å². The number of benzene rings is 4. The summed E-state index contributed by atoms with van der Waals surface area (Å²) in [5.41, 5.74) is 11.6. The molecule has 0 amide bonds. The van der Waals surface area contributed by atoms with Crippen molar-refractivity contribution >= 4 is 22.9 Å². The van der Waals surface area contributed by atoms with Gasteiger partial charge < -0.3 is 0 Å². The summed E-state index contributed by atoms with van der Waals surface area (Å²) < 4.78 is 0. The van der Waals surface area contributed by atoms with Gasteiger partial charge in [0, 0.05) is 5.41 Å². The molecular formula is C46H44. The average molecular weight is 597 g/mol. The zero-order chi connectivity index (χ0) is 32.4. The lowest BCUT2D eigenvalue weighted by Crippen LogP contribution is -2.22. The summed E-state index contributed by atoms with van der Waals surface area (Å²) in [5, 5.41) is 2.58. The topological polar surface area (TPSA) is 0 Å². The highest BCUT2D eigenvalue weighted by Crippen LogP contribution is 2.53. The van der Waals surface area contributed by atoms with E-state index in [4.69, 9.17) is 0 Å². The number of fused-ring (bicyclic) bond motifs is 4. The van der Waals surface area contributed by atoms with Crippen LogP contribution in [0.3, 0.4) is 0 Å². The van der Waals surface area contributed by atoms with Crippen molar-refractivity contribution in [2.75, 3.05) is 0 Å². The Hall–Kier alpha value is -5.20. The molecule has 6 rings (SSSR count). The van der Waals surface area contributed by atoms with Gasteiger partial charge in [-0.3, -0.25) is 0 Å². The van der Waals surface area contributed by atoms with E-state index in [2.05, 4.69) is 179 Å². The van der Waals surface area contributed by atoms with Crippen LogP contribution in [0.15, 0.2) is 176 Å². The van der Waals surface area contributed by atoms with E-state index in [1.54, 1.807) is 6.08 Å². The molecule has 4 aromatic rings. The molecule has 0 bridgehead atoms. The zero-order valence-corrected chi connectivity index (χ0v) is 27.6. The minimum atomic E-state index is -0.207. The first-order valence-corrected chi connectivity index (χ1v) is 16.2. The van der Waals surface area contributed by atoms with Gasteiger partial charge in [-0.25, -0.2) is 0 Å². The maximum Gasteiger partial charge on any atom is 0.0435 e. The van der Waals surface area contributed by atoms with Gasteiger partial charge in [-0.2, -0.15) is 0 Å². The summed E-state index contributed by atoms with van der Waals surface area (Å²) in [4.78, 5) is 0. The van der Waals surface area contributed by atoms with Crippen LogP contribution < -0.4 is 0 Å². The van der Waals surface area contributed by atoms with Crippen LogP contribution in [0.5, 0.6) is 0 Å². The molecule has 46 heavy (non-hydrogen) atoms. The fraction of sp³-hybridized carbons (Fsp3) is 0.130. The van der Waals surface area contributed by atoms with Gasteiger partial charge in [0.2, 0.25) is 0 Å². The lowest BCUT2D eigenvalue weighted by atomic mass is 9.73. The summed E-state index contributed by atoms with van der Waals surface area (Å²) >= 11 is 0. The fourth-order valence-electron chi connectivity index (χ4n) is 6.33. The van der Waals surface area contributed by atoms with E-state index in [-0.39, 0.29) is 5.41 Å². The lowest BCUT2D eigenvalue weighted by Gasteiger charge is -2.28. The van der Waals surface area contributed by atoms with Crippen molar-refractivity contribution in [3.8, 4) is 11.1 Å². The van der Waals surface area contributed by atoms with Crippen LogP contribution in [0.2, 0.25) is 0 Å². The van der Waals surface area contributed by atoms with Gasteiger partial charge >= 0.3 is 0 Å². The van der Waals surface area contributed by atoms with Gasteiger partial charge in [-0.1, -0.05) is 164 Å². The van der Waals surface area contributed by atoms with Crippen LogP contribution in [0, 0.1) is 0 Å². The molecule has 0 aliphatic heterocycles.